The third kappa shape index (κ3) is 2.67. The van der Waals surface area contributed by atoms with E-state index >= 15 is 0 Å². The van der Waals surface area contributed by atoms with Crippen molar-refractivity contribution in [2.24, 2.45) is 0 Å². The molecule has 2 N–H and O–H groups in total. The molecular formula is C17H18FN5O. The molecule has 1 aliphatic heterocycles. The molecular weight excluding hydrogens is 309 g/mol. The molecule has 0 amide bonds. The number of nitrogens with zero attached hydrogens (tertiary/aromatic N) is 3. The molecule has 1 fully saturated rings. The highest BCUT2D eigenvalue weighted by atomic mass is 19.1. The molecule has 1 aliphatic rings. The first-order valence-electron chi connectivity index (χ1n) is 7.84. The second kappa shape index (κ2) is 6.09. The first kappa shape index (κ1) is 14.9. The number of hydrogen-bond acceptors (Lipinski definition) is 5. The largest absolute Gasteiger partial charge is 0.495 e. The lowest BCUT2D eigenvalue weighted by atomic mass is 10.2. The van der Waals surface area contributed by atoms with E-state index in [1.807, 2.05) is 40.9 Å². The zero-order chi connectivity index (χ0) is 16.5. The molecule has 24 heavy (non-hydrogen) atoms. The summed E-state index contributed by atoms with van der Waals surface area (Å²) in [6.07, 6.45) is 2.74. The summed E-state index contributed by atoms with van der Waals surface area (Å²) in [5.74, 6) is 1.40. The van der Waals surface area contributed by atoms with E-state index in [0.717, 1.165) is 22.8 Å². The summed E-state index contributed by atoms with van der Waals surface area (Å²) in [4.78, 5) is 9.00. The standard InChI is InChI=1S/C17H18FN5O/c1-24-11-5-6-17-20-9-15(23(17)10-11)13-3-2-4-16(21-13)22-14-8-19-7-12(14)18/h2-6,9-10,12,14,19H,7-8H2,1H3,(H,21,22). The number of hydrogen-bond donors (Lipinski definition) is 2. The molecule has 7 heteroatoms. The number of halogens is 1. The fourth-order valence-corrected chi connectivity index (χ4v) is 2.91. The van der Waals surface area contributed by atoms with Crippen LogP contribution in [0, 0.1) is 0 Å². The van der Waals surface area contributed by atoms with E-state index in [0.29, 0.717) is 18.9 Å². The number of alkyl halides is 1. The Morgan fingerprint density at radius 2 is 2.21 bits per heavy atom. The van der Waals surface area contributed by atoms with E-state index in [1.165, 1.54) is 0 Å². The predicted octanol–water partition coefficient (Wildman–Crippen LogP) is 2.13. The van der Waals surface area contributed by atoms with Crippen molar-refractivity contribution in [2.75, 3.05) is 25.5 Å². The van der Waals surface area contributed by atoms with Gasteiger partial charge in [-0.05, 0) is 24.3 Å². The summed E-state index contributed by atoms with van der Waals surface area (Å²) in [5, 5.41) is 6.19. The average Bonchev–Trinajstić information content (AvgIpc) is 3.21. The summed E-state index contributed by atoms with van der Waals surface area (Å²) in [6, 6.07) is 9.16. The van der Waals surface area contributed by atoms with Gasteiger partial charge < -0.3 is 15.4 Å². The van der Waals surface area contributed by atoms with Crippen LogP contribution in [0.4, 0.5) is 10.2 Å². The van der Waals surface area contributed by atoms with E-state index in [2.05, 4.69) is 20.6 Å². The number of fused-ring (bicyclic) bond motifs is 1. The van der Waals surface area contributed by atoms with Gasteiger partial charge in [0.25, 0.3) is 0 Å². The number of ether oxygens (including phenoxy) is 1. The predicted molar refractivity (Wildman–Crippen MR) is 90.2 cm³/mol. The molecule has 1 saturated heterocycles. The number of methoxy groups -OCH3 is 1. The SMILES string of the molecule is COc1ccc2ncc(-c3cccc(NC4CNCC4F)n3)n2c1. The molecule has 124 valence electrons. The maximum Gasteiger partial charge on any atom is 0.137 e. The first-order valence-corrected chi connectivity index (χ1v) is 7.84. The molecule has 3 aromatic heterocycles. The minimum atomic E-state index is -0.907. The van der Waals surface area contributed by atoms with E-state index in [1.54, 1.807) is 13.3 Å². The van der Waals surface area contributed by atoms with Crippen LogP contribution < -0.4 is 15.4 Å². The highest BCUT2D eigenvalue weighted by molar-refractivity contribution is 5.62. The highest BCUT2D eigenvalue weighted by Gasteiger charge is 2.26. The van der Waals surface area contributed by atoms with Gasteiger partial charge in [-0.15, -0.1) is 0 Å². The minimum Gasteiger partial charge on any atom is -0.495 e. The molecule has 0 radical (unpaired) electrons. The summed E-state index contributed by atoms with van der Waals surface area (Å²) < 4.78 is 21.0. The van der Waals surface area contributed by atoms with Crippen molar-refractivity contribution in [3.8, 4) is 17.1 Å². The van der Waals surface area contributed by atoms with Crippen LogP contribution in [0.5, 0.6) is 5.75 Å². The molecule has 4 rings (SSSR count). The summed E-state index contributed by atoms with van der Waals surface area (Å²) in [5.41, 5.74) is 2.44. The Kier molecular flexibility index (Phi) is 3.78. The van der Waals surface area contributed by atoms with E-state index in [-0.39, 0.29) is 6.04 Å². The molecule has 3 aromatic rings. The summed E-state index contributed by atoms with van der Waals surface area (Å²) >= 11 is 0. The van der Waals surface area contributed by atoms with Crippen molar-refractivity contribution in [3.05, 3.63) is 42.7 Å². The fourth-order valence-electron chi connectivity index (χ4n) is 2.91. The molecule has 0 bridgehead atoms. The zero-order valence-corrected chi connectivity index (χ0v) is 13.2. The van der Waals surface area contributed by atoms with Gasteiger partial charge in [-0.2, -0.15) is 0 Å². The Morgan fingerprint density at radius 3 is 3.00 bits per heavy atom. The molecule has 0 aliphatic carbocycles. The monoisotopic (exact) mass is 327 g/mol. The quantitative estimate of drug-likeness (QED) is 0.769. The van der Waals surface area contributed by atoms with Crippen molar-refractivity contribution < 1.29 is 9.13 Å². The second-order valence-electron chi connectivity index (χ2n) is 5.77. The van der Waals surface area contributed by atoms with Gasteiger partial charge >= 0.3 is 0 Å². The lowest BCUT2D eigenvalue weighted by Gasteiger charge is -2.15. The number of pyridine rings is 2. The molecule has 0 spiro atoms. The van der Waals surface area contributed by atoms with Crippen molar-refractivity contribution in [1.29, 1.82) is 0 Å². The lowest BCUT2D eigenvalue weighted by Crippen LogP contribution is -2.29. The average molecular weight is 327 g/mol. The first-order chi connectivity index (χ1) is 11.7. The molecule has 0 saturated carbocycles. The van der Waals surface area contributed by atoms with Crippen molar-refractivity contribution in [2.45, 2.75) is 12.2 Å². The topological polar surface area (TPSA) is 63.5 Å². The minimum absolute atomic E-state index is 0.255. The molecule has 0 aromatic carbocycles. The summed E-state index contributed by atoms with van der Waals surface area (Å²) in [6.45, 7) is 0.976. The van der Waals surface area contributed by atoms with Gasteiger partial charge in [0.05, 0.1) is 36.9 Å². The lowest BCUT2D eigenvalue weighted by molar-refractivity contribution is 0.342. The van der Waals surface area contributed by atoms with Gasteiger partial charge in [-0.3, -0.25) is 4.40 Å². The Morgan fingerprint density at radius 1 is 1.29 bits per heavy atom. The van der Waals surface area contributed by atoms with Crippen LogP contribution in [-0.2, 0) is 0 Å². The smallest absolute Gasteiger partial charge is 0.137 e. The van der Waals surface area contributed by atoms with Crippen molar-refractivity contribution >= 4 is 11.5 Å². The molecule has 2 atom stereocenters. The van der Waals surface area contributed by atoms with Crippen LogP contribution in [0.3, 0.4) is 0 Å². The number of aromatic nitrogens is 3. The molecule has 2 unspecified atom stereocenters. The van der Waals surface area contributed by atoms with Crippen LogP contribution in [0.1, 0.15) is 0 Å². The zero-order valence-electron chi connectivity index (χ0n) is 13.2. The van der Waals surface area contributed by atoms with Gasteiger partial charge in [0.1, 0.15) is 23.4 Å². The maximum atomic E-state index is 13.8. The third-order valence-electron chi connectivity index (χ3n) is 4.20. The Labute approximate surface area is 138 Å². The third-order valence-corrected chi connectivity index (χ3v) is 4.20. The van der Waals surface area contributed by atoms with Gasteiger partial charge in [0, 0.05) is 13.1 Å². The Hall–Kier alpha value is -2.67. The second-order valence-corrected chi connectivity index (χ2v) is 5.77. The van der Waals surface area contributed by atoms with Crippen molar-refractivity contribution in [3.63, 3.8) is 0 Å². The van der Waals surface area contributed by atoms with Crippen LogP contribution in [0.25, 0.3) is 17.0 Å². The van der Waals surface area contributed by atoms with Crippen LogP contribution in [0.15, 0.2) is 42.7 Å². The van der Waals surface area contributed by atoms with Crippen molar-refractivity contribution in [1.82, 2.24) is 19.7 Å². The maximum absolute atomic E-state index is 13.8. The molecule has 4 heterocycles. The van der Waals surface area contributed by atoms with E-state index in [9.17, 15) is 4.39 Å². The van der Waals surface area contributed by atoms with Gasteiger partial charge in [0.15, 0.2) is 0 Å². The van der Waals surface area contributed by atoms with Crippen LogP contribution >= 0.6 is 0 Å². The van der Waals surface area contributed by atoms with Crippen LogP contribution in [0.2, 0.25) is 0 Å². The number of anilines is 1. The number of rotatable bonds is 4. The highest BCUT2D eigenvalue weighted by Crippen LogP contribution is 2.23. The number of imidazole rings is 1. The van der Waals surface area contributed by atoms with E-state index < -0.39 is 6.17 Å². The Balaban J connectivity index is 1.68. The molecule has 6 nitrogen and oxygen atoms in total. The Bertz CT molecular complexity index is 865. The fraction of sp³-hybridized carbons (Fsp3) is 0.294. The number of nitrogens with one attached hydrogen (secondary N) is 2. The van der Waals surface area contributed by atoms with Crippen LogP contribution in [-0.4, -0.2) is 46.8 Å². The van der Waals surface area contributed by atoms with Gasteiger partial charge in [-0.25, -0.2) is 14.4 Å². The normalized spacial score (nSPS) is 20.4. The van der Waals surface area contributed by atoms with E-state index in [4.69, 9.17) is 4.74 Å². The van der Waals surface area contributed by atoms with Gasteiger partial charge in [-0.1, -0.05) is 6.07 Å². The summed E-state index contributed by atoms with van der Waals surface area (Å²) in [7, 11) is 1.63. The van der Waals surface area contributed by atoms with Gasteiger partial charge in [0.2, 0.25) is 0 Å².